The highest BCUT2D eigenvalue weighted by atomic mass is 79.9. The molecule has 0 saturated heterocycles. The number of rotatable bonds is 4. The Bertz CT molecular complexity index is 574. The minimum absolute atomic E-state index is 0.134. The predicted molar refractivity (Wildman–Crippen MR) is 79.6 cm³/mol. The van der Waals surface area contributed by atoms with Crippen molar-refractivity contribution in [2.75, 3.05) is 7.11 Å². The molecule has 5 heteroatoms. The number of hydrogen-bond donors (Lipinski definition) is 0. The third-order valence-electron chi connectivity index (χ3n) is 3.41. The average Bonchev–Trinajstić information content (AvgIpc) is 3.23. The van der Waals surface area contributed by atoms with Crippen LogP contribution in [0.4, 0.5) is 0 Å². The van der Waals surface area contributed by atoms with Crippen LogP contribution in [0.2, 0.25) is 0 Å². The normalized spacial score (nSPS) is 14.6. The van der Waals surface area contributed by atoms with Crippen molar-refractivity contribution in [2.24, 2.45) is 0 Å². The summed E-state index contributed by atoms with van der Waals surface area (Å²) in [6, 6.07) is 7.66. The summed E-state index contributed by atoms with van der Waals surface area (Å²) in [7, 11) is 1.56. The first-order chi connectivity index (χ1) is 9.40. The van der Waals surface area contributed by atoms with Crippen molar-refractivity contribution in [1.29, 1.82) is 5.26 Å². The molecule has 0 aromatic heterocycles. The summed E-state index contributed by atoms with van der Waals surface area (Å²) in [6.45, 7) is 3.55. The van der Waals surface area contributed by atoms with Crippen molar-refractivity contribution >= 4 is 21.8 Å². The number of hydrogen-bond acceptors (Lipinski definition) is 3. The number of benzene rings is 1. The molecule has 0 spiro atoms. The SMILES string of the molecule is COc1ccc(Br)c(C(=O)N(C2CC2)C(C)(C)C#N)c1. The van der Waals surface area contributed by atoms with E-state index >= 15 is 0 Å². The van der Waals surface area contributed by atoms with E-state index in [-0.39, 0.29) is 11.9 Å². The van der Waals surface area contributed by atoms with Gasteiger partial charge in [-0.15, -0.1) is 0 Å². The molecule has 0 heterocycles. The highest BCUT2D eigenvalue weighted by Gasteiger charge is 2.42. The van der Waals surface area contributed by atoms with Gasteiger partial charge in [-0.25, -0.2) is 0 Å². The van der Waals surface area contributed by atoms with Crippen molar-refractivity contribution in [2.45, 2.75) is 38.3 Å². The Morgan fingerprint density at radius 3 is 2.65 bits per heavy atom. The number of methoxy groups -OCH3 is 1. The topological polar surface area (TPSA) is 53.3 Å². The molecule has 1 amide bonds. The van der Waals surface area contributed by atoms with Gasteiger partial charge >= 0.3 is 0 Å². The number of halogens is 1. The van der Waals surface area contributed by atoms with Gasteiger partial charge in [-0.05, 0) is 60.8 Å². The van der Waals surface area contributed by atoms with Crippen molar-refractivity contribution in [3.8, 4) is 11.8 Å². The van der Waals surface area contributed by atoms with Gasteiger partial charge in [-0.2, -0.15) is 5.26 Å². The van der Waals surface area contributed by atoms with Gasteiger partial charge in [0, 0.05) is 10.5 Å². The van der Waals surface area contributed by atoms with Crippen LogP contribution < -0.4 is 4.74 Å². The highest BCUT2D eigenvalue weighted by molar-refractivity contribution is 9.10. The Kier molecular flexibility index (Phi) is 4.05. The lowest BCUT2D eigenvalue weighted by Crippen LogP contribution is -2.48. The Labute approximate surface area is 127 Å². The number of carbonyl (C=O) groups excluding carboxylic acids is 1. The quantitative estimate of drug-likeness (QED) is 0.846. The lowest BCUT2D eigenvalue weighted by atomic mass is 10.0. The van der Waals surface area contributed by atoms with Crippen molar-refractivity contribution < 1.29 is 9.53 Å². The zero-order valence-corrected chi connectivity index (χ0v) is 13.4. The van der Waals surface area contributed by atoms with Crippen LogP contribution in [0.5, 0.6) is 5.75 Å². The maximum absolute atomic E-state index is 12.8. The summed E-state index contributed by atoms with van der Waals surface area (Å²) in [5.74, 6) is 0.492. The molecule has 1 aromatic rings. The van der Waals surface area contributed by atoms with Crippen LogP contribution in [-0.4, -0.2) is 29.5 Å². The minimum Gasteiger partial charge on any atom is -0.497 e. The van der Waals surface area contributed by atoms with E-state index in [1.54, 1.807) is 44.1 Å². The van der Waals surface area contributed by atoms with E-state index in [1.165, 1.54) is 0 Å². The fraction of sp³-hybridized carbons (Fsp3) is 0.467. The van der Waals surface area contributed by atoms with Crippen LogP contribution in [-0.2, 0) is 0 Å². The second-order valence-corrected chi connectivity index (χ2v) is 6.28. The molecule has 0 radical (unpaired) electrons. The second-order valence-electron chi connectivity index (χ2n) is 5.42. The standard InChI is InChI=1S/C15H17BrN2O2/c1-15(2,9-17)18(10-4-5-10)14(19)12-8-11(20-3)6-7-13(12)16/h6-8,10H,4-5H2,1-3H3. The van der Waals surface area contributed by atoms with Crippen molar-refractivity contribution in [3.63, 3.8) is 0 Å². The monoisotopic (exact) mass is 336 g/mol. The molecule has 20 heavy (non-hydrogen) atoms. The summed E-state index contributed by atoms with van der Waals surface area (Å²) in [6.07, 6.45) is 1.91. The summed E-state index contributed by atoms with van der Waals surface area (Å²) in [4.78, 5) is 14.5. The molecule has 0 atom stereocenters. The van der Waals surface area contributed by atoms with Gasteiger partial charge in [-0.3, -0.25) is 4.79 Å². The van der Waals surface area contributed by atoms with Gasteiger partial charge < -0.3 is 9.64 Å². The Balaban J connectivity index is 2.40. The third-order valence-corrected chi connectivity index (χ3v) is 4.10. The summed E-state index contributed by atoms with van der Waals surface area (Å²) in [5, 5.41) is 9.33. The number of amides is 1. The van der Waals surface area contributed by atoms with Crippen molar-refractivity contribution in [1.82, 2.24) is 4.90 Å². The van der Waals surface area contributed by atoms with Gasteiger partial charge in [0.05, 0.1) is 18.7 Å². The fourth-order valence-corrected chi connectivity index (χ4v) is 2.60. The fourth-order valence-electron chi connectivity index (χ4n) is 2.19. The van der Waals surface area contributed by atoms with E-state index in [0.29, 0.717) is 15.8 Å². The predicted octanol–water partition coefficient (Wildman–Crippen LogP) is 3.36. The summed E-state index contributed by atoms with van der Waals surface area (Å²) >= 11 is 3.40. The average molecular weight is 337 g/mol. The lowest BCUT2D eigenvalue weighted by Gasteiger charge is -2.33. The maximum Gasteiger partial charge on any atom is 0.256 e. The van der Waals surface area contributed by atoms with Crippen LogP contribution in [0.25, 0.3) is 0 Å². The molecule has 0 N–H and O–H groups in total. The van der Waals surface area contributed by atoms with Gasteiger partial charge in [0.1, 0.15) is 11.3 Å². The van der Waals surface area contributed by atoms with Crippen LogP contribution in [0.3, 0.4) is 0 Å². The van der Waals surface area contributed by atoms with Crippen LogP contribution in [0.1, 0.15) is 37.0 Å². The molecule has 1 aromatic carbocycles. The summed E-state index contributed by atoms with van der Waals surface area (Å²) in [5.41, 5.74) is -0.291. The van der Waals surface area contributed by atoms with E-state index in [2.05, 4.69) is 22.0 Å². The molecule has 4 nitrogen and oxygen atoms in total. The summed E-state index contributed by atoms with van der Waals surface area (Å²) < 4.78 is 5.88. The molecule has 0 bridgehead atoms. The van der Waals surface area contributed by atoms with Gasteiger partial charge in [0.15, 0.2) is 0 Å². The molecule has 0 aliphatic heterocycles. The molecule has 0 unspecified atom stereocenters. The Morgan fingerprint density at radius 1 is 1.50 bits per heavy atom. The van der Waals surface area contributed by atoms with E-state index in [4.69, 9.17) is 4.74 Å². The van der Waals surface area contributed by atoms with Gasteiger partial charge in [0.2, 0.25) is 0 Å². The van der Waals surface area contributed by atoms with Crippen molar-refractivity contribution in [3.05, 3.63) is 28.2 Å². The zero-order valence-electron chi connectivity index (χ0n) is 11.8. The third kappa shape index (κ3) is 2.80. The van der Waals surface area contributed by atoms with E-state index in [1.807, 2.05) is 0 Å². The molecular formula is C15H17BrN2O2. The van der Waals surface area contributed by atoms with Gasteiger partial charge in [0.25, 0.3) is 5.91 Å². The second kappa shape index (κ2) is 5.45. The zero-order chi connectivity index (χ0) is 14.9. The first-order valence-corrected chi connectivity index (χ1v) is 7.28. The Hall–Kier alpha value is -1.54. The molecule has 1 aliphatic rings. The molecular weight excluding hydrogens is 320 g/mol. The molecule has 2 rings (SSSR count). The van der Waals surface area contributed by atoms with E-state index in [0.717, 1.165) is 12.8 Å². The van der Waals surface area contributed by atoms with Crippen LogP contribution in [0.15, 0.2) is 22.7 Å². The molecule has 1 fully saturated rings. The number of ether oxygens (including phenoxy) is 1. The smallest absolute Gasteiger partial charge is 0.256 e. The van der Waals surface area contributed by atoms with E-state index in [9.17, 15) is 10.1 Å². The van der Waals surface area contributed by atoms with Gasteiger partial charge in [-0.1, -0.05) is 0 Å². The van der Waals surface area contributed by atoms with Crippen LogP contribution in [0, 0.1) is 11.3 Å². The largest absolute Gasteiger partial charge is 0.497 e. The maximum atomic E-state index is 12.8. The number of nitrogens with zero attached hydrogens (tertiary/aromatic N) is 2. The first-order valence-electron chi connectivity index (χ1n) is 6.49. The molecule has 106 valence electrons. The van der Waals surface area contributed by atoms with E-state index < -0.39 is 5.54 Å². The number of carbonyl (C=O) groups is 1. The molecule has 1 saturated carbocycles. The molecule has 1 aliphatic carbocycles. The van der Waals surface area contributed by atoms with Crippen LogP contribution >= 0.6 is 15.9 Å². The lowest BCUT2D eigenvalue weighted by molar-refractivity contribution is 0.0614. The first kappa shape index (κ1) is 14.9. The minimum atomic E-state index is -0.819. The number of nitriles is 1. The highest BCUT2D eigenvalue weighted by Crippen LogP contribution is 2.35. The Morgan fingerprint density at radius 2 is 2.15 bits per heavy atom.